The van der Waals surface area contributed by atoms with Gasteiger partial charge in [0.15, 0.2) is 0 Å². The normalized spacial score (nSPS) is 21.6. The van der Waals surface area contributed by atoms with E-state index < -0.39 is 36.7 Å². The summed E-state index contributed by atoms with van der Waals surface area (Å²) in [5.41, 5.74) is 0.932. The number of rotatable bonds is 5. The van der Waals surface area contributed by atoms with E-state index in [1.807, 2.05) is 5.32 Å². The fraction of sp³-hybridized carbons (Fsp3) is 0.400. The highest BCUT2D eigenvalue weighted by atomic mass is 35.5. The number of ether oxygens (including phenoxy) is 2. The summed E-state index contributed by atoms with van der Waals surface area (Å²) in [5.74, 6) is -1.24. The van der Waals surface area contributed by atoms with Gasteiger partial charge in [-0.1, -0.05) is 23.7 Å². The Morgan fingerprint density at radius 3 is 2.65 bits per heavy atom. The summed E-state index contributed by atoms with van der Waals surface area (Å²) in [6, 6.07) is 10.9. The molecule has 0 bridgehead atoms. The lowest BCUT2D eigenvalue weighted by Crippen LogP contribution is -2.54. The van der Waals surface area contributed by atoms with E-state index in [-0.39, 0.29) is 30.5 Å². The number of benzene rings is 2. The summed E-state index contributed by atoms with van der Waals surface area (Å²) in [6.07, 6.45) is -5.01. The van der Waals surface area contributed by atoms with Gasteiger partial charge in [-0.05, 0) is 43.2 Å². The van der Waals surface area contributed by atoms with Gasteiger partial charge in [-0.15, -0.1) is 0 Å². The van der Waals surface area contributed by atoms with E-state index in [2.05, 4.69) is 5.32 Å². The van der Waals surface area contributed by atoms with Crippen molar-refractivity contribution in [3.63, 3.8) is 0 Å². The molecule has 2 heterocycles. The number of hydrogen-bond acceptors (Lipinski definition) is 5. The molecule has 3 amide bonds. The minimum atomic E-state index is -4.49. The van der Waals surface area contributed by atoms with Crippen LogP contribution in [0.15, 0.2) is 42.5 Å². The summed E-state index contributed by atoms with van der Waals surface area (Å²) in [6.45, 7) is -1.33. The van der Waals surface area contributed by atoms with Crippen molar-refractivity contribution in [1.82, 2.24) is 10.2 Å². The third-order valence-corrected chi connectivity index (χ3v) is 6.62. The fourth-order valence-corrected chi connectivity index (χ4v) is 4.65. The SMILES string of the molecule is CN1C(=O)c2cc(NC(=O)c3ccccc3Cl)ccc2OC[C@@H]2O[C@@H](CC(=O)NCC(F)(F)F)CC[C@@H]21. The Morgan fingerprint density at radius 1 is 1.16 bits per heavy atom. The van der Waals surface area contributed by atoms with Crippen LogP contribution >= 0.6 is 11.6 Å². The first-order valence-corrected chi connectivity index (χ1v) is 12.0. The van der Waals surface area contributed by atoms with Crippen LogP contribution in [0.2, 0.25) is 5.02 Å². The van der Waals surface area contributed by atoms with Crippen molar-refractivity contribution < 1.29 is 37.0 Å². The van der Waals surface area contributed by atoms with Crippen LogP contribution in [0.5, 0.6) is 5.75 Å². The maximum absolute atomic E-state index is 13.3. The minimum absolute atomic E-state index is 0.0707. The molecule has 2 N–H and O–H groups in total. The highest BCUT2D eigenvalue weighted by Crippen LogP contribution is 2.33. The molecule has 12 heteroatoms. The molecule has 0 saturated carbocycles. The van der Waals surface area contributed by atoms with E-state index in [1.165, 1.54) is 11.0 Å². The second kappa shape index (κ2) is 11.0. The van der Waals surface area contributed by atoms with Crippen molar-refractivity contribution >= 4 is 35.0 Å². The first kappa shape index (κ1) is 26.7. The van der Waals surface area contributed by atoms with Gasteiger partial charge in [-0.2, -0.15) is 13.2 Å². The van der Waals surface area contributed by atoms with Crippen molar-refractivity contribution in [3.8, 4) is 5.75 Å². The molecule has 0 unspecified atom stereocenters. The van der Waals surface area contributed by atoms with Gasteiger partial charge in [0.2, 0.25) is 5.91 Å². The molecule has 2 aliphatic rings. The van der Waals surface area contributed by atoms with Crippen LogP contribution in [0.3, 0.4) is 0 Å². The molecule has 8 nitrogen and oxygen atoms in total. The molecule has 198 valence electrons. The van der Waals surface area contributed by atoms with Crippen LogP contribution in [0.1, 0.15) is 40.0 Å². The second-order valence-electron chi connectivity index (χ2n) is 8.91. The average Bonchev–Trinajstić information content (AvgIpc) is 2.85. The summed E-state index contributed by atoms with van der Waals surface area (Å²) >= 11 is 6.10. The zero-order chi connectivity index (χ0) is 26.7. The number of halogens is 4. The van der Waals surface area contributed by atoms with Gasteiger partial charge >= 0.3 is 6.18 Å². The number of nitrogens with one attached hydrogen (secondary N) is 2. The molecule has 2 aromatic rings. The Morgan fingerprint density at radius 2 is 1.92 bits per heavy atom. The van der Waals surface area contributed by atoms with Crippen LogP contribution in [0.4, 0.5) is 18.9 Å². The lowest BCUT2D eigenvalue weighted by atomic mass is 9.94. The molecular formula is C25H25ClF3N3O5. The topological polar surface area (TPSA) is 97.0 Å². The molecule has 1 saturated heterocycles. The average molecular weight is 540 g/mol. The highest BCUT2D eigenvalue weighted by molar-refractivity contribution is 6.34. The van der Waals surface area contributed by atoms with Crippen molar-refractivity contribution in [2.45, 2.75) is 43.7 Å². The van der Waals surface area contributed by atoms with Crippen molar-refractivity contribution in [3.05, 3.63) is 58.6 Å². The molecule has 0 aromatic heterocycles. The van der Waals surface area contributed by atoms with Crippen molar-refractivity contribution in [2.75, 3.05) is 25.5 Å². The first-order valence-electron chi connectivity index (χ1n) is 11.6. The largest absolute Gasteiger partial charge is 0.490 e. The molecule has 2 aromatic carbocycles. The smallest absolute Gasteiger partial charge is 0.405 e. The van der Waals surface area contributed by atoms with Gasteiger partial charge in [0.05, 0.1) is 34.7 Å². The number of amides is 3. The standard InChI is InChI=1S/C25H25ClF3N3O5/c1-32-19-8-7-15(11-22(33)30-13-25(27,28)29)37-21(19)12-36-20-9-6-14(10-17(20)24(32)35)31-23(34)16-4-2-3-5-18(16)26/h2-6,9-10,15,19,21H,7-8,11-13H2,1H3,(H,30,33)(H,31,34)/t15-,19+,21+/m1/s1. The fourth-order valence-electron chi connectivity index (χ4n) is 4.43. The second-order valence-corrected chi connectivity index (χ2v) is 9.32. The Hall–Kier alpha value is -3.31. The van der Waals surface area contributed by atoms with Crippen LogP contribution in [0, 0.1) is 0 Å². The molecule has 0 aliphatic carbocycles. The molecule has 1 fully saturated rings. The third-order valence-electron chi connectivity index (χ3n) is 6.29. The van der Waals surface area contributed by atoms with Crippen LogP contribution in [-0.4, -0.2) is 67.2 Å². The van der Waals surface area contributed by atoms with E-state index >= 15 is 0 Å². The third kappa shape index (κ3) is 6.53. The maximum Gasteiger partial charge on any atom is 0.405 e. The van der Waals surface area contributed by atoms with E-state index in [1.54, 1.807) is 43.4 Å². The zero-order valence-electron chi connectivity index (χ0n) is 19.8. The van der Waals surface area contributed by atoms with Crippen LogP contribution < -0.4 is 15.4 Å². The Balaban J connectivity index is 1.44. The van der Waals surface area contributed by atoms with Crippen molar-refractivity contribution in [1.29, 1.82) is 0 Å². The lowest BCUT2D eigenvalue weighted by molar-refractivity contribution is -0.144. The Kier molecular flexibility index (Phi) is 7.93. The van der Waals surface area contributed by atoms with Gasteiger partial charge in [-0.25, -0.2) is 0 Å². The summed E-state index contributed by atoms with van der Waals surface area (Å²) < 4.78 is 48.9. The van der Waals surface area contributed by atoms with E-state index in [9.17, 15) is 27.6 Å². The first-order chi connectivity index (χ1) is 17.5. The van der Waals surface area contributed by atoms with Crippen LogP contribution in [0.25, 0.3) is 0 Å². The molecule has 0 spiro atoms. The Bertz CT molecular complexity index is 1190. The minimum Gasteiger partial charge on any atom is -0.490 e. The number of anilines is 1. The Labute approximate surface area is 216 Å². The lowest BCUT2D eigenvalue weighted by Gasteiger charge is -2.42. The van der Waals surface area contributed by atoms with Gasteiger partial charge in [0.1, 0.15) is 25.0 Å². The summed E-state index contributed by atoms with van der Waals surface area (Å²) in [5, 5.41) is 4.88. The maximum atomic E-state index is 13.3. The number of fused-ring (bicyclic) bond motifs is 2. The molecule has 2 aliphatic heterocycles. The number of nitrogens with zero attached hydrogens (tertiary/aromatic N) is 1. The summed E-state index contributed by atoms with van der Waals surface area (Å²) in [7, 11) is 1.63. The predicted octanol–water partition coefficient (Wildman–Crippen LogP) is 4.04. The number of carbonyl (C=O) groups is 3. The number of carbonyl (C=O) groups excluding carboxylic acids is 3. The van der Waals surface area contributed by atoms with E-state index in [0.717, 1.165) is 0 Å². The highest BCUT2D eigenvalue weighted by Gasteiger charge is 2.39. The van der Waals surface area contributed by atoms with E-state index in [0.29, 0.717) is 34.9 Å². The van der Waals surface area contributed by atoms with Gasteiger partial charge in [0.25, 0.3) is 11.8 Å². The predicted molar refractivity (Wildman–Crippen MR) is 129 cm³/mol. The van der Waals surface area contributed by atoms with Gasteiger partial charge < -0.3 is 25.0 Å². The van der Waals surface area contributed by atoms with E-state index in [4.69, 9.17) is 21.1 Å². The number of hydrogen-bond donors (Lipinski definition) is 2. The van der Waals surface area contributed by atoms with Gasteiger partial charge in [-0.3, -0.25) is 14.4 Å². The molecular weight excluding hydrogens is 515 g/mol. The quantitative estimate of drug-likeness (QED) is 0.598. The van der Waals surface area contributed by atoms with Crippen molar-refractivity contribution in [2.24, 2.45) is 0 Å². The molecule has 3 atom stereocenters. The molecule has 4 rings (SSSR count). The monoisotopic (exact) mass is 539 g/mol. The number of likely N-dealkylation sites (N-methyl/N-ethyl adjacent to an activating group) is 1. The number of alkyl halides is 3. The molecule has 0 radical (unpaired) electrons. The van der Waals surface area contributed by atoms with Crippen LogP contribution in [-0.2, 0) is 9.53 Å². The summed E-state index contributed by atoms with van der Waals surface area (Å²) in [4.78, 5) is 39.4. The van der Waals surface area contributed by atoms with Gasteiger partial charge in [0, 0.05) is 12.7 Å². The zero-order valence-corrected chi connectivity index (χ0v) is 20.6. The molecule has 37 heavy (non-hydrogen) atoms.